The molecule has 0 aliphatic heterocycles. The Hall–Kier alpha value is -1.10. The summed E-state index contributed by atoms with van der Waals surface area (Å²) in [5, 5.41) is 0.0521. The maximum Gasteiger partial charge on any atom is 0.176 e. The molecule has 0 aliphatic rings. The van der Waals surface area contributed by atoms with E-state index in [1.165, 1.54) is 19.2 Å². The maximum atomic E-state index is 13.3. The van der Waals surface area contributed by atoms with Crippen LogP contribution in [0.4, 0.5) is 10.1 Å². The Morgan fingerprint density at radius 1 is 1.64 bits per heavy atom. The number of nitrogens with two attached hydrogens (primary N) is 1. The number of Topliss-reactive ketones (excluding diaryl/α,β-unsaturated/α-hetero) is 1. The van der Waals surface area contributed by atoms with Gasteiger partial charge in [0.15, 0.2) is 11.6 Å². The van der Waals surface area contributed by atoms with Crippen molar-refractivity contribution < 1.29 is 13.9 Å². The van der Waals surface area contributed by atoms with Crippen molar-refractivity contribution in [2.45, 2.75) is 0 Å². The lowest BCUT2D eigenvalue weighted by Crippen LogP contribution is -2.06. The number of ketones is 1. The molecule has 0 unspecified atom stereocenters. The van der Waals surface area contributed by atoms with Crippen LogP contribution in [0.3, 0.4) is 0 Å². The smallest absolute Gasteiger partial charge is 0.176 e. The lowest BCUT2D eigenvalue weighted by Gasteiger charge is -2.06. The monoisotopic (exact) mass is 261 g/mol. The van der Waals surface area contributed by atoms with Crippen molar-refractivity contribution in [2.75, 3.05) is 18.2 Å². The molecule has 0 aromatic heterocycles. The van der Waals surface area contributed by atoms with Crippen LogP contribution in [0.25, 0.3) is 0 Å². The Labute approximate surface area is 89.2 Å². The molecule has 2 N–H and O–H groups in total. The summed E-state index contributed by atoms with van der Waals surface area (Å²) < 4.78 is 18.2. The van der Waals surface area contributed by atoms with Crippen molar-refractivity contribution in [1.29, 1.82) is 0 Å². The first kappa shape index (κ1) is 11.0. The van der Waals surface area contributed by atoms with E-state index in [9.17, 15) is 9.18 Å². The number of ether oxygens (including phenoxy) is 1. The molecule has 0 radical (unpaired) electrons. The molecule has 1 aromatic rings. The molecule has 1 rings (SSSR count). The highest BCUT2D eigenvalue weighted by atomic mass is 79.9. The molecular weight excluding hydrogens is 253 g/mol. The van der Waals surface area contributed by atoms with Crippen LogP contribution in [0.1, 0.15) is 10.4 Å². The van der Waals surface area contributed by atoms with Crippen LogP contribution in [0.2, 0.25) is 0 Å². The van der Waals surface area contributed by atoms with E-state index in [0.717, 1.165) is 0 Å². The normalized spacial score (nSPS) is 9.93. The molecule has 76 valence electrons. The molecule has 0 fully saturated rings. The van der Waals surface area contributed by atoms with Gasteiger partial charge in [0.05, 0.1) is 23.7 Å². The van der Waals surface area contributed by atoms with Crippen LogP contribution in [0, 0.1) is 5.82 Å². The van der Waals surface area contributed by atoms with Crippen molar-refractivity contribution in [3.05, 3.63) is 23.5 Å². The lowest BCUT2D eigenvalue weighted by molar-refractivity contribution is 0.101. The van der Waals surface area contributed by atoms with E-state index in [4.69, 9.17) is 10.5 Å². The maximum absolute atomic E-state index is 13.3. The van der Waals surface area contributed by atoms with Crippen LogP contribution in [-0.4, -0.2) is 18.2 Å². The number of nitrogen functional groups attached to an aromatic ring is 1. The minimum absolute atomic E-state index is 0.0521. The highest BCUT2D eigenvalue weighted by molar-refractivity contribution is 9.09. The zero-order chi connectivity index (χ0) is 10.7. The van der Waals surface area contributed by atoms with E-state index in [-0.39, 0.29) is 22.4 Å². The van der Waals surface area contributed by atoms with Gasteiger partial charge in [-0.25, -0.2) is 4.39 Å². The fourth-order valence-corrected chi connectivity index (χ4v) is 1.31. The number of halogens is 2. The fraction of sp³-hybridized carbons (Fsp3) is 0.222. The Morgan fingerprint density at radius 2 is 2.29 bits per heavy atom. The summed E-state index contributed by atoms with van der Waals surface area (Å²) in [6, 6.07) is 2.66. The predicted molar refractivity (Wildman–Crippen MR) is 55.5 cm³/mol. The number of rotatable bonds is 3. The third-order valence-corrected chi connectivity index (χ3v) is 2.24. The van der Waals surface area contributed by atoms with Gasteiger partial charge in [-0.1, -0.05) is 15.9 Å². The second kappa shape index (κ2) is 4.41. The number of hydrogen-bond donors (Lipinski definition) is 1. The van der Waals surface area contributed by atoms with Gasteiger partial charge in [-0.3, -0.25) is 4.79 Å². The summed E-state index contributed by atoms with van der Waals surface area (Å²) in [4.78, 5) is 11.3. The number of benzene rings is 1. The quantitative estimate of drug-likeness (QED) is 0.515. The van der Waals surface area contributed by atoms with Crippen LogP contribution in [-0.2, 0) is 0 Å². The number of hydrogen-bond acceptors (Lipinski definition) is 3. The highest BCUT2D eigenvalue weighted by Gasteiger charge is 2.14. The first-order valence-corrected chi connectivity index (χ1v) is 4.94. The standard InChI is InChI=1S/C9H9BrFNO2/c1-14-5-2-6(8(13)4-10)9(11)7(12)3-5/h2-3H,4,12H2,1H3. The first-order chi connectivity index (χ1) is 6.60. The van der Waals surface area contributed by atoms with Gasteiger partial charge in [0, 0.05) is 6.07 Å². The van der Waals surface area contributed by atoms with Crippen LogP contribution >= 0.6 is 15.9 Å². The van der Waals surface area contributed by atoms with Crippen LogP contribution < -0.4 is 10.5 Å². The van der Waals surface area contributed by atoms with E-state index in [1.807, 2.05) is 0 Å². The molecular formula is C9H9BrFNO2. The summed E-state index contributed by atoms with van der Waals surface area (Å²) >= 11 is 2.96. The first-order valence-electron chi connectivity index (χ1n) is 3.82. The largest absolute Gasteiger partial charge is 0.497 e. The summed E-state index contributed by atoms with van der Waals surface area (Å²) in [6.45, 7) is 0. The van der Waals surface area contributed by atoms with Crippen molar-refractivity contribution in [2.24, 2.45) is 0 Å². The number of anilines is 1. The van der Waals surface area contributed by atoms with Crippen molar-refractivity contribution in [3.8, 4) is 5.75 Å². The third kappa shape index (κ3) is 2.04. The average molecular weight is 262 g/mol. The number of carbonyl (C=O) groups is 1. The van der Waals surface area contributed by atoms with Crippen LogP contribution in [0.5, 0.6) is 5.75 Å². The Bertz CT molecular complexity index is 368. The summed E-state index contributed by atoms with van der Waals surface area (Å²) in [5.74, 6) is -0.698. The van der Waals surface area contributed by atoms with E-state index in [0.29, 0.717) is 5.75 Å². The van der Waals surface area contributed by atoms with Gasteiger partial charge in [-0.2, -0.15) is 0 Å². The fourth-order valence-electron chi connectivity index (χ4n) is 1.01. The third-order valence-electron chi connectivity index (χ3n) is 1.73. The van der Waals surface area contributed by atoms with Gasteiger partial charge in [0.1, 0.15) is 5.75 Å². The summed E-state index contributed by atoms with van der Waals surface area (Å²) in [5.41, 5.74) is 5.22. The van der Waals surface area contributed by atoms with Gasteiger partial charge < -0.3 is 10.5 Å². The van der Waals surface area contributed by atoms with Gasteiger partial charge in [-0.05, 0) is 6.07 Å². The van der Waals surface area contributed by atoms with E-state index in [2.05, 4.69) is 15.9 Å². The molecule has 0 saturated carbocycles. The molecule has 0 atom stereocenters. The van der Waals surface area contributed by atoms with Gasteiger partial charge >= 0.3 is 0 Å². The summed E-state index contributed by atoms with van der Waals surface area (Å²) in [6.07, 6.45) is 0. The Balaban J connectivity index is 3.27. The van der Waals surface area contributed by atoms with Gasteiger partial charge in [-0.15, -0.1) is 0 Å². The van der Waals surface area contributed by atoms with Crippen molar-refractivity contribution in [1.82, 2.24) is 0 Å². The molecule has 0 saturated heterocycles. The average Bonchev–Trinajstić information content (AvgIpc) is 2.20. The zero-order valence-corrected chi connectivity index (χ0v) is 9.10. The van der Waals surface area contributed by atoms with Crippen molar-refractivity contribution in [3.63, 3.8) is 0 Å². The van der Waals surface area contributed by atoms with E-state index < -0.39 is 5.82 Å². The van der Waals surface area contributed by atoms with E-state index in [1.54, 1.807) is 0 Å². The van der Waals surface area contributed by atoms with Gasteiger partial charge in [0.25, 0.3) is 0 Å². The number of alkyl halides is 1. The minimum atomic E-state index is -0.699. The molecule has 0 spiro atoms. The second-order valence-electron chi connectivity index (χ2n) is 2.63. The molecule has 1 aromatic carbocycles. The second-order valence-corrected chi connectivity index (χ2v) is 3.20. The number of methoxy groups -OCH3 is 1. The topological polar surface area (TPSA) is 52.3 Å². The highest BCUT2D eigenvalue weighted by Crippen LogP contribution is 2.23. The molecule has 0 heterocycles. The lowest BCUT2D eigenvalue weighted by atomic mass is 10.1. The summed E-state index contributed by atoms with van der Waals surface area (Å²) in [7, 11) is 1.43. The van der Waals surface area contributed by atoms with E-state index >= 15 is 0 Å². The molecule has 14 heavy (non-hydrogen) atoms. The van der Waals surface area contributed by atoms with Gasteiger partial charge in [0.2, 0.25) is 0 Å². The molecule has 5 heteroatoms. The Morgan fingerprint density at radius 3 is 2.79 bits per heavy atom. The molecule has 3 nitrogen and oxygen atoms in total. The minimum Gasteiger partial charge on any atom is -0.497 e. The molecule has 0 bridgehead atoms. The zero-order valence-electron chi connectivity index (χ0n) is 7.51. The predicted octanol–water partition coefficient (Wildman–Crippen LogP) is 1.99. The molecule has 0 aliphatic carbocycles. The SMILES string of the molecule is COc1cc(N)c(F)c(C(=O)CBr)c1. The van der Waals surface area contributed by atoms with Crippen LogP contribution in [0.15, 0.2) is 12.1 Å². The molecule has 0 amide bonds. The van der Waals surface area contributed by atoms with Crippen molar-refractivity contribution >= 4 is 27.4 Å². The number of carbonyl (C=O) groups excluding carboxylic acids is 1. The Kier molecular flexibility index (Phi) is 3.46.